The van der Waals surface area contributed by atoms with Crippen molar-refractivity contribution < 1.29 is 17.9 Å². The summed E-state index contributed by atoms with van der Waals surface area (Å²) in [5, 5.41) is 3.17. The van der Waals surface area contributed by atoms with Crippen LogP contribution in [0.5, 0.6) is 5.88 Å². The normalized spacial score (nSPS) is 11.5. The number of aromatic nitrogens is 1. The van der Waals surface area contributed by atoms with Crippen LogP contribution in [0.2, 0.25) is 0 Å². The number of alkyl halides is 3. The first-order chi connectivity index (χ1) is 8.01. The van der Waals surface area contributed by atoms with Gasteiger partial charge in [0.15, 0.2) is 6.61 Å². The molecule has 3 nitrogen and oxygen atoms in total. The van der Waals surface area contributed by atoms with E-state index in [2.05, 4.69) is 22.0 Å². The summed E-state index contributed by atoms with van der Waals surface area (Å²) in [7, 11) is 0. The van der Waals surface area contributed by atoms with Gasteiger partial charge in [0.05, 0.1) is 0 Å². The molecule has 1 heterocycles. The van der Waals surface area contributed by atoms with Crippen molar-refractivity contribution in [3.8, 4) is 5.88 Å². The fourth-order valence-electron chi connectivity index (χ4n) is 1.17. The molecule has 0 saturated heterocycles. The Morgan fingerprint density at radius 2 is 2.12 bits per heavy atom. The van der Waals surface area contributed by atoms with Crippen LogP contribution < -0.4 is 10.1 Å². The monoisotopic (exact) mass is 248 g/mol. The predicted octanol–water partition coefficient (Wildman–Crippen LogP) is 2.52. The topological polar surface area (TPSA) is 34.1 Å². The minimum Gasteiger partial charge on any atom is -0.468 e. The van der Waals surface area contributed by atoms with Gasteiger partial charge in [-0.25, -0.2) is 4.98 Å². The Morgan fingerprint density at radius 1 is 1.35 bits per heavy atom. The van der Waals surface area contributed by atoms with E-state index in [0.717, 1.165) is 18.5 Å². The third-order valence-electron chi connectivity index (χ3n) is 1.94. The van der Waals surface area contributed by atoms with Crippen molar-refractivity contribution in [3.63, 3.8) is 0 Å². The molecule has 1 N–H and O–H groups in total. The van der Waals surface area contributed by atoms with Crippen molar-refractivity contribution in [2.45, 2.75) is 26.1 Å². The van der Waals surface area contributed by atoms with Gasteiger partial charge in [-0.2, -0.15) is 13.2 Å². The maximum Gasteiger partial charge on any atom is 0.422 e. The van der Waals surface area contributed by atoms with E-state index in [1.165, 1.54) is 12.3 Å². The zero-order valence-electron chi connectivity index (χ0n) is 9.55. The average molecular weight is 248 g/mol. The second kappa shape index (κ2) is 6.44. The van der Waals surface area contributed by atoms with Gasteiger partial charge in [-0.3, -0.25) is 0 Å². The van der Waals surface area contributed by atoms with E-state index >= 15 is 0 Å². The standard InChI is InChI=1S/C11H15F3N2O/c1-2-5-15-6-9-3-4-10(16-7-9)17-8-11(12,13)14/h3-4,7,15H,2,5-6,8H2,1H3. The van der Waals surface area contributed by atoms with E-state index < -0.39 is 12.8 Å². The Balaban J connectivity index is 2.39. The molecule has 0 radical (unpaired) electrons. The lowest BCUT2D eigenvalue weighted by atomic mass is 10.3. The van der Waals surface area contributed by atoms with E-state index in [9.17, 15) is 13.2 Å². The Hall–Kier alpha value is -1.30. The lowest BCUT2D eigenvalue weighted by Crippen LogP contribution is -2.19. The smallest absolute Gasteiger partial charge is 0.422 e. The third-order valence-corrected chi connectivity index (χ3v) is 1.94. The number of halogens is 3. The van der Waals surface area contributed by atoms with Crippen LogP contribution in [-0.4, -0.2) is 24.3 Å². The molecular formula is C11H15F3N2O. The van der Waals surface area contributed by atoms with Crippen molar-refractivity contribution in [3.05, 3.63) is 23.9 Å². The van der Waals surface area contributed by atoms with Gasteiger partial charge in [0.25, 0.3) is 0 Å². The lowest BCUT2D eigenvalue weighted by molar-refractivity contribution is -0.154. The van der Waals surface area contributed by atoms with Crippen molar-refractivity contribution in [1.29, 1.82) is 0 Å². The van der Waals surface area contributed by atoms with Gasteiger partial charge in [0.2, 0.25) is 5.88 Å². The SMILES string of the molecule is CCCNCc1ccc(OCC(F)(F)F)nc1. The fraction of sp³-hybridized carbons (Fsp3) is 0.545. The molecule has 0 aliphatic heterocycles. The molecule has 0 bridgehead atoms. The van der Waals surface area contributed by atoms with E-state index in [4.69, 9.17) is 0 Å². The van der Waals surface area contributed by atoms with E-state index in [-0.39, 0.29) is 5.88 Å². The molecule has 17 heavy (non-hydrogen) atoms. The van der Waals surface area contributed by atoms with Gasteiger partial charge in [-0.1, -0.05) is 13.0 Å². The van der Waals surface area contributed by atoms with Gasteiger partial charge in [-0.05, 0) is 18.5 Å². The molecule has 1 aromatic heterocycles. The number of ether oxygens (including phenoxy) is 1. The van der Waals surface area contributed by atoms with Crippen LogP contribution in [0.1, 0.15) is 18.9 Å². The number of nitrogens with zero attached hydrogens (tertiary/aromatic N) is 1. The molecule has 0 aromatic carbocycles. The van der Waals surface area contributed by atoms with Crippen LogP contribution in [-0.2, 0) is 6.54 Å². The third kappa shape index (κ3) is 6.11. The Kier molecular flexibility index (Phi) is 5.21. The quantitative estimate of drug-likeness (QED) is 0.785. The van der Waals surface area contributed by atoms with Crippen LogP contribution in [0.25, 0.3) is 0 Å². The van der Waals surface area contributed by atoms with Crippen LogP contribution in [0.15, 0.2) is 18.3 Å². The van der Waals surface area contributed by atoms with Crippen molar-refractivity contribution in [1.82, 2.24) is 10.3 Å². The molecular weight excluding hydrogens is 233 g/mol. The fourth-order valence-corrected chi connectivity index (χ4v) is 1.17. The minimum absolute atomic E-state index is 0.0124. The highest BCUT2D eigenvalue weighted by Crippen LogP contribution is 2.16. The maximum atomic E-state index is 11.9. The van der Waals surface area contributed by atoms with E-state index in [1.54, 1.807) is 6.07 Å². The summed E-state index contributed by atoms with van der Waals surface area (Å²) in [6.07, 6.45) is -1.79. The van der Waals surface area contributed by atoms with Crippen LogP contribution >= 0.6 is 0 Å². The molecule has 0 fully saturated rings. The average Bonchev–Trinajstić information content (AvgIpc) is 2.27. The van der Waals surface area contributed by atoms with Gasteiger partial charge >= 0.3 is 6.18 Å². The second-order valence-corrected chi connectivity index (χ2v) is 3.59. The molecule has 96 valence electrons. The van der Waals surface area contributed by atoms with Crippen LogP contribution in [0.3, 0.4) is 0 Å². The number of nitrogens with one attached hydrogen (secondary N) is 1. The predicted molar refractivity (Wildman–Crippen MR) is 57.8 cm³/mol. The summed E-state index contributed by atoms with van der Waals surface area (Å²) in [4.78, 5) is 3.80. The van der Waals surface area contributed by atoms with Gasteiger partial charge in [0.1, 0.15) is 0 Å². The Labute approximate surface area is 98.0 Å². The van der Waals surface area contributed by atoms with Gasteiger partial charge in [-0.15, -0.1) is 0 Å². The first-order valence-electron chi connectivity index (χ1n) is 5.36. The molecule has 1 aromatic rings. The highest BCUT2D eigenvalue weighted by molar-refractivity contribution is 5.17. The van der Waals surface area contributed by atoms with Crippen molar-refractivity contribution in [2.75, 3.05) is 13.2 Å². The molecule has 6 heteroatoms. The molecule has 0 aliphatic carbocycles. The molecule has 0 aliphatic rings. The minimum atomic E-state index is -4.33. The molecule has 0 spiro atoms. The Bertz CT molecular complexity index is 324. The summed E-state index contributed by atoms with van der Waals surface area (Å²) in [5.41, 5.74) is 0.915. The number of hydrogen-bond acceptors (Lipinski definition) is 3. The largest absolute Gasteiger partial charge is 0.468 e. The summed E-state index contributed by atoms with van der Waals surface area (Å²) >= 11 is 0. The van der Waals surface area contributed by atoms with Crippen molar-refractivity contribution in [2.24, 2.45) is 0 Å². The van der Waals surface area contributed by atoms with Crippen LogP contribution in [0.4, 0.5) is 13.2 Å². The Morgan fingerprint density at radius 3 is 2.65 bits per heavy atom. The van der Waals surface area contributed by atoms with E-state index in [1.807, 2.05) is 0 Å². The summed E-state index contributed by atoms with van der Waals surface area (Å²) < 4.78 is 40.1. The maximum absolute atomic E-state index is 11.9. The molecule has 0 saturated carbocycles. The summed E-state index contributed by atoms with van der Waals surface area (Å²) in [5.74, 6) is -0.0124. The van der Waals surface area contributed by atoms with Gasteiger partial charge in [0, 0.05) is 18.8 Å². The second-order valence-electron chi connectivity index (χ2n) is 3.59. The molecule has 0 unspecified atom stereocenters. The molecule has 0 amide bonds. The highest BCUT2D eigenvalue weighted by atomic mass is 19.4. The number of hydrogen-bond donors (Lipinski definition) is 1. The molecule has 1 rings (SSSR count). The summed E-state index contributed by atoms with van der Waals surface area (Å²) in [6.45, 7) is 2.29. The lowest BCUT2D eigenvalue weighted by Gasteiger charge is -2.08. The van der Waals surface area contributed by atoms with E-state index in [0.29, 0.717) is 6.54 Å². The van der Waals surface area contributed by atoms with Gasteiger partial charge < -0.3 is 10.1 Å². The van der Waals surface area contributed by atoms with Crippen molar-refractivity contribution >= 4 is 0 Å². The first kappa shape index (κ1) is 13.8. The number of pyridine rings is 1. The zero-order valence-corrected chi connectivity index (χ0v) is 9.55. The van der Waals surface area contributed by atoms with Crippen LogP contribution in [0, 0.1) is 0 Å². The zero-order chi connectivity index (χ0) is 12.7. The number of rotatable bonds is 6. The summed E-state index contributed by atoms with van der Waals surface area (Å²) in [6, 6.07) is 3.13. The molecule has 0 atom stereocenters. The highest BCUT2D eigenvalue weighted by Gasteiger charge is 2.28. The first-order valence-corrected chi connectivity index (χ1v) is 5.36.